The molecule has 0 fully saturated rings. The summed E-state index contributed by atoms with van der Waals surface area (Å²) in [6, 6.07) is 7.48. The van der Waals surface area contributed by atoms with Crippen LogP contribution in [0, 0.1) is 0 Å². The number of aromatic nitrogens is 2. The van der Waals surface area contributed by atoms with Gasteiger partial charge in [-0.15, -0.1) is 0 Å². The topological polar surface area (TPSA) is 61.0 Å². The van der Waals surface area contributed by atoms with E-state index in [4.69, 9.17) is 22.1 Å². The number of nitrogens with two attached hydrogens (primary N) is 1. The number of rotatable bonds is 4. The second kappa shape index (κ2) is 5.80. The van der Waals surface area contributed by atoms with Gasteiger partial charge >= 0.3 is 6.01 Å². The molecule has 0 spiro atoms. The van der Waals surface area contributed by atoms with Crippen LogP contribution in [0.4, 0.5) is 0 Å². The quantitative estimate of drug-likeness (QED) is 0.921. The average molecular weight is 264 g/mol. The molecule has 0 saturated carbocycles. The maximum absolute atomic E-state index is 5.86. The molecule has 0 aliphatic heterocycles. The molecule has 0 amide bonds. The number of hydrogen-bond acceptors (Lipinski definition) is 4. The Kier molecular flexibility index (Phi) is 4.12. The molecule has 18 heavy (non-hydrogen) atoms. The summed E-state index contributed by atoms with van der Waals surface area (Å²) in [6.07, 6.45) is 4.18. The molecule has 0 radical (unpaired) electrons. The molecule has 0 aliphatic carbocycles. The fourth-order valence-corrected chi connectivity index (χ4v) is 1.69. The van der Waals surface area contributed by atoms with Gasteiger partial charge in [-0.2, -0.15) is 0 Å². The highest BCUT2D eigenvalue weighted by atomic mass is 35.5. The van der Waals surface area contributed by atoms with E-state index in [1.165, 1.54) is 0 Å². The van der Waals surface area contributed by atoms with Gasteiger partial charge in [0.2, 0.25) is 0 Å². The zero-order chi connectivity index (χ0) is 13.0. The van der Waals surface area contributed by atoms with Crippen LogP contribution in [0.2, 0.25) is 5.02 Å². The molecular weight excluding hydrogens is 250 g/mol. The Morgan fingerprint density at radius 1 is 1.33 bits per heavy atom. The first-order valence-corrected chi connectivity index (χ1v) is 6.01. The van der Waals surface area contributed by atoms with Gasteiger partial charge in [0.05, 0.1) is 0 Å². The summed E-state index contributed by atoms with van der Waals surface area (Å²) in [5, 5.41) is 0.612. The Hall–Kier alpha value is -1.65. The Labute approximate surface area is 111 Å². The normalized spacial score (nSPS) is 12.2. The Balaban J connectivity index is 2.06. The van der Waals surface area contributed by atoms with Gasteiger partial charge in [-0.1, -0.05) is 17.7 Å². The first kappa shape index (κ1) is 12.8. The monoisotopic (exact) mass is 263 g/mol. The Morgan fingerprint density at radius 2 is 2.06 bits per heavy atom. The van der Waals surface area contributed by atoms with Crippen LogP contribution in [0.1, 0.15) is 12.5 Å². The minimum Gasteiger partial charge on any atom is -0.424 e. The van der Waals surface area contributed by atoms with Gasteiger partial charge in [0.25, 0.3) is 0 Å². The molecule has 1 atom stereocenters. The number of halogens is 1. The predicted molar refractivity (Wildman–Crippen MR) is 70.9 cm³/mol. The second-order valence-electron chi connectivity index (χ2n) is 4.11. The maximum Gasteiger partial charge on any atom is 0.321 e. The summed E-state index contributed by atoms with van der Waals surface area (Å²) in [6.45, 7) is 1.94. The molecule has 0 bridgehead atoms. The molecule has 2 N–H and O–H groups in total. The summed E-state index contributed by atoms with van der Waals surface area (Å²) < 4.78 is 5.48. The fraction of sp³-hybridized carbons (Fsp3) is 0.231. The molecule has 0 saturated heterocycles. The van der Waals surface area contributed by atoms with Crippen molar-refractivity contribution in [1.82, 2.24) is 9.97 Å². The predicted octanol–water partition coefficient (Wildman–Crippen LogP) is 2.81. The van der Waals surface area contributed by atoms with Crippen LogP contribution in [-0.2, 0) is 6.42 Å². The van der Waals surface area contributed by atoms with Crippen LogP contribution in [0.15, 0.2) is 36.7 Å². The van der Waals surface area contributed by atoms with E-state index in [9.17, 15) is 0 Å². The molecule has 1 unspecified atom stereocenters. The lowest BCUT2D eigenvalue weighted by Gasteiger charge is -2.06. The van der Waals surface area contributed by atoms with Crippen molar-refractivity contribution in [3.63, 3.8) is 0 Å². The van der Waals surface area contributed by atoms with E-state index in [0.717, 1.165) is 12.0 Å². The highest BCUT2D eigenvalue weighted by Crippen LogP contribution is 2.21. The van der Waals surface area contributed by atoms with E-state index in [1.807, 2.05) is 13.0 Å². The van der Waals surface area contributed by atoms with Gasteiger partial charge < -0.3 is 10.5 Å². The number of ether oxygens (including phenoxy) is 1. The van der Waals surface area contributed by atoms with Crippen LogP contribution in [0.3, 0.4) is 0 Å². The molecular formula is C13H14ClN3O. The standard InChI is InChI=1S/C13H14ClN3O/c1-9(15)5-10-7-16-13(17-8-10)18-12-4-2-3-11(14)6-12/h2-4,6-9H,5,15H2,1H3. The lowest BCUT2D eigenvalue weighted by molar-refractivity contribution is 0.441. The van der Waals surface area contributed by atoms with Gasteiger partial charge in [-0.25, -0.2) is 9.97 Å². The minimum atomic E-state index is 0.0910. The maximum atomic E-state index is 5.86. The van der Waals surface area contributed by atoms with E-state index in [-0.39, 0.29) is 6.04 Å². The Bertz CT molecular complexity index is 514. The zero-order valence-electron chi connectivity index (χ0n) is 10.0. The highest BCUT2D eigenvalue weighted by Gasteiger charge is 2.03. The third kappa shape index (κ3) is 3.68. The van der Waals surface area contributed by atoms with Gasteiger partial charge in [-0.3, -0.25) is 0 Å². The van der Waals surface area contributed by atoms with Crippen molar-refractivity contribution >= 4 is 11.6 Å². The lowest BCUT2D eigenvalue weighted by Crippen LogP contribution is -2.17. The van der Waals surface area contributed by atoms with Crippen LogP contribution in [-0.4, -0.2) is 16.0 Å². The molecule has 2 rings (SSSR count). The van der Waals surface area contributed by atoms with E-state index in [0.29, 0.717) is 16.8 Å². The zero-order valence-corrected chi connectivity index (χ0v) is 10.8. The molecule has 0 aliphatic rings. The largest absolute Gasteiger partial charge is 0.424 e. The van der Waals surface area contributed by atoms with Crippen LogP contribution < -0.4 is 10.5 Å². The summed E-state index contributed by atoms with van der Waals surface area (Å²) in [4.78, 5) is 8.25. The molecule has 4 nitrogen and oxygen atoms in total. The summed E-state index contributed by atoms with van der Waals surface area (Å²) in [7, 11) is 0. The van der Waals surface area contributed by atoms with Crippen LogP contribution >= 0.6 is 11.6 Å². The lowest BCUT2D eigenvalue weighted by atomic mass is 10.1. The van der Waals surface area contributed by atoms with Gasteiger partial charge in [0.1, 0.15) is 5.75 Å². The van der Waals surface area contributed by atoms with Crippen molar-refractivity contribution in [2.24, 2.45) is 5.73 Å². The van der Waals surface area contributed by atoms with Crippen molar-refractivity contribution in [3.8, 4) is 11.8 Å². The Morgan fingerprint density at radius 3 is 2.67 bits per heavy atom. The molecule has 1 aromatic carbocycles. The fourth-order valence-electron chi connectivity index (χ4n) is 1.51. The number of nitrogens with zero attached hydrogens (tertiary/aromatic N) is 2. The number of benzene rings is 1. The third-order valence-electron chi connectivity index (χ3n) is 2.24. The van der Waals surface area contributed by atoms with E-state index < -0.39 is 0 Å². The summed E-state index contributed by atoms with van der Waals surface area (Å²) in [5.41, 5.74) is 6.69. The van der Waals surface area contributed by atoms with Crippen molar-refractivity contribution < 1.29 is 4.74 Å². The first-order valence-electron chi connectivity index (χ1n) is 5.63. The van der Waals surface area contributed by atoms with E-state index >= 15 is 0 Å². The smallest absolute Gasteiger partial charge is 0.321 e. The minimum absolute atomic E-state index is 0.0910. The second-order valence-corrected chi connectivity index (χ2v) is 4.55. The van der Waals surface area contributed by atoms with Crippen molar-refractivity contribution in [1.29, 1.82) is 0 Å². The molecule has 1 heterocycles. The van der Waals surface area contributed by atoms with Gasteiger partial charge in [0, 0.05) is 23.5 Å². The SMILES string of the molecule is CC(N)Cc1cnc(Oc2cccc(Cl)c2)nc1. The van der Waals surface area contributed by atoms with Gasteiger partial charge in [-0.05, 0) is 37.1 Å². The van der Waals surface area contributed by atoms with Crippen LogP contribution in [0.25, 0.3) is 0 Å². The highest BCUT2D eigenvalue weighted by molar-refractivity contribution is 6.30. The van der Waals surface area contributed by atoms with E-state index in [1.54, 1.807) is 30.6 Å². The average Bonchev–Trinajstić information content (AvgIpc) is 2.31. The summed E-state index contributed by atoms with van der Waals surface area (Å²) >= 11 is 5.86. The molecule has 2 aromatic rings. The molecule has 94 valence electrons. The summed E-state index contributed by atoms with van der Waals surface area (Å²) in [5.74, 6) is 0.613. The third-order valence-corrected chi connectivity index (χ3v) is 2.48. The molecule has 1 aromatic heterocycles. The van der Waals surface area contributed by atoms with Crippen LogP contribution in [0.5, 0.6) is 11.8 Å². The van der Waals surface area contributed by atoms with Crippen molar-refractivity contribution in [2.45, 2.75) is 19.4 Å². The van der Waals surface area contributed by atoms with Crippen molar-refractivity contribution in [2.75, 3.05) is 0 Å². The number of hydrogen-bond donors (Lipinski definition) is 1. The molecule has 5 heteroatoms. The van der Waals surface area contributed by atoms with Crippen molar-refractivity contribution in [3.05, 3.63) is 47.2 Å². The van der Waals surface area contributed by atoms with E-state index in [2.05, 4.69) is 9.97 Å². The van der Waals surface area contributed by atoms with Gasteiger partial charge in [0.15, 0.2) is 0 Å². The first-order chi connectivity index (χ1) is 8.63.